The molecular formula is C19H20BrNO2. The maximum atomic E-state index is 12.0. The van der Waals surface area contributed by atoms with Crippen molar-refractivity contribution in [3.8, 4) is 5.75 Å². The highest BCUT2D eigenvalue weighted by Crippen LogP contribution is 2.20. The number of amides is 1. The molecule has 2 rings (SSSR count). The maximum Gasteiger partial charge on any atom is 0.248 e. The number of nitrogens with one attached hydrogen (secondary N) is 1. The van der Waals surface area contributed by atoms with Gasteiger partial charge in [-0.15, -0.1) is 0 Å². The summed E-state index contributed by atoms with van der Waals surface area (Å²) in [6, 6.07) is 13.4. The minimum atomic E-state index is -0.155. The second-order valence-corrected chi connectivity index (χ2v) is 6.06. The van der Waals surface area contributed by atoms with Gasteiger partial charge < -0.3 is 10.1 Å². The number of halogens is 1. The Bertz CT molecular complexity index is 693. The van der Waals surface area contributed by atoms with Crippen molar-refractivity contribution in [2.75, 3.05) is 11.9 Å². The van der Waals surface area contributed by atoms with Gasteiger partial charge in [0.15, 0.2) is 0 Å². The zero-order chi connectivity index (χ0) is 16.7. The highest BCUT2D eigenvalue weighted by atomic mass is 79.9. The van der Waals surface area contributed by atoms with E-state index in [2.05, 4.69) is 28.2 Å². The van der Waals surface area contributed by atoms with Crippen LogP contribution in [0.1, 0.15) is 24.5 Å². The van der Waals surface area contributed by atoms with Crippen molar-refractivity contribution in [1.82, 2.24) is 0 Å². The second kappa shape index (κ2) is 8.53. The first kappa shape index (κ1) is 17.3. The van der Waals surface area contributed by atoms with Crippen LogP contribution in [0.4, 0.5) is 5.69 Å². The molecule has 120 valence electrons. The van der Waals surface area contributed by atoms with Crippen LogP contribution in [0.25, 0.3) is 6.08 Å². The molecule has 0 aliphatic rings. The molecule has 0 saturated carbocycles. The molecule has 0 spiro atoms. The Morgan fingerprint density at radius 2 is 1.96 bits per heavy atom. The lowest BCUT2D eigenvalue weighted by molar-refractivity contribution is -0.111. The Morgan fingerprint density at radius 3 is 2.61 bits per heavy atom. The molecule has 0 fully saturated rings. The van der Waals surface area contributed by atoms with Crippen LogP contribution in [-0.2, 0) is 4.79 Å². The largest absolute Gasteiger partial charge is 0.494 e. The summed E-state index contributed by atoms with van der Waals surface area (Å²) in [6.07, 6.45) is 4.29. The predicted molar refractivity (Wildman–Crippen MR) is 98.8 cm³/mol. The van der Waals surface area contributed by atoms with Crippen molar-refractivity contribution >= 4 is 33.6 Å². The number of ether oxygens (including phenoxy) is 1. The van der Waals surface area contributed by atoms with Gasteiger partial charge >= 0.3 is 0 Å². The van der Waals surface area contributed by atoms with E-state index >= 15 is 0 Å². The fourth-order valence-electron chi connectivity index (χ4n) is 1.97. The van der Waals surface area contributed by atoms with Crippen LogP contribution in [-0.4, -0.2) is 12.5 Å². The molecule has 0 aromatic heterocycles. The van der Waals surface area contributed by atoms with Crippen molar-refractivity contribution in [2.45, 2.75) is 20.3 Å². The van der Waals surface area contributed by atoms with E-state index in [4.69, 9.17) is 4.74 Å². The Morgan fingerprint density at radius 1 is 1.22 bits per heavy atom. The van der Waals surface area contributed by atoms with Gasteiger partial charge in [0.25, 0.3) is 0 Å². The third-order valence-electron chi connectivity index (χ3n) is 3.21. The number of anilines is 1. The average Bonchev–Trinajstić information content (AvgIpc) is 2.55. The Kier molecular flexibility index (Phi) is 6.41. The van der Waals surface area contributed by atoms with Gasteiger partial charge in [0, 0.05) is 16.2 Å². The molecule has 0 radical (unpaired) electrons. The standard InChI is InChI=1S/C19H20BrNO2/c1-3-12-23-17-8-4-15(5-9-17)6-11-19(22)21-16-7-10-18(20)14(2)13-16/h4-11,13H,3,12H2,1-2H3,(H,21,22)/b11-6-. The average molecular weight is 374 g/mol. The summed E-state index contributed by atoms with van der Waals surface area (Å²) in [7, 11) is 0. The van der Waals surface area contributed by atoms with Gasteiger partial charge in [0.2, 0.25) is 5.91 Å². The highest BCUT2D eigenvalue weighted by Gasteiger charge is 2.00. The van der Waals surface area contributed by atoms with E-state index in [0.717, 1.165) is 33.5 Å². The van der Waals surface area contributed by atoms with E-state index in [1.54, 1.807) is 6.08 Å². The van der Waals surface area contributed by atoms with Crippen molar-refractivity contribution in [1.29, 1.82) is 0 Å². The number of rotatable bonds is 6. The molecule has 23 heavy (non-hydrogen) atoms. The summed E-state index contributed by atoms with van der Waals surface area (Å²) in [6.45, 7) is 4.77. The molecule has 0 atom stereocenters. The molecule has 0 saturated heterocycles. The van der Waals surface area contributed by atoms with E-state index in [1.165, 1.54) is 6.08 Å². The number of carbonyl (C=O) groups is 1. The van der Waals surface area contributed by atoms with Gasteiger partial charge in [-0.05, 0) is 60.9 Å². The van der Waals surface area contributed by atoms with Crippen LogP contribution < -0.4 is 10.1 Å². The van der Waals surface area contributed by atoms with Crippen LogP contribution in [0, 0.1) is 6.92 Å². The first-order valence-corrected chi connectivity index (χ1v) is 8.36. The number of hydrogen-bond donors (Lipinski definition) is 1. The van der Waals surface area contributed by atoms with Gasteiger partial charge in [-0.2, -0.15) is 0 Å². The third kappa shape index (κ3) is 5.57. The number of carbonyl (C=O) groups excluding carboxylic acids is 1. The molecule has 2 aromatic rings. The molecular weight excluding hydrogens is 354 g/mol. The Hall–Kier alpha value is -2.07. The summed E-state index contributed by atoms with van der Waals surface area (Å²) < 4.78 is 6.55. The zero-order valence-electron chi connectivity index (χ0n) is 13.3. The van der Waals surface area contributed by atoms with E-state index in [-0.39, 0.29) is 5.91 Å². The van der Waals surface area contributed by atoms with Crippen LogP contribution in [0.3, 0.4) is 0 Å². The highest BCUT2D eigenvalue weighted by molar-refractivity contribution is 9.10. The van der Waals surface area contributed by atoms with Crippen molar-refractivity contribution in [2.24, 2.45) is 0 Å². The fourth-order valence-corrected chi connectivity index (χ4v) is 2.22. The lowest BCUT2D eigenvalue weighted by Gasteiger charge is -2.05. The van der Waals surface area contributed by atoms with E-state index < -0.39 is 0 Å². The molecule has 1 amide bonds. The molecule has 0 bridgehead atoms. The summed E-state index contributed by atoms with van der Waals surface area (Å²) in [5.41, 5.74) is 2.81. The molecule has 3 nitrogen and oxygen atoms in total. The lowest BCUT2D eigenvalue weighted by Crippen LogP contribution is -2.07. The normalized spacial score (nSPS) is 10.7. The number of aryl methyl sites for hydroxylation is 1. The zero-order valence-corrected chi connectivity index (χ0v) is 14.9. The Balaban J connectivity index is 1.93. The molecule has 4 heteroatoms. The Labute approximate surface area is 145 Å². The first-order chi connectivity index (χ1) is 11.1. The SMILES string of the molecule is CCCOc1ccc(/C=C\C(=O)Nc2ccc(Br)c(C)c2)cc1. The summed E-state index contributed by atoms with van der Waals surface area (Å²) in [5, 5.41) is 2.85. The number of hydrogen-bond acceptors (Lipinski definition) is 2. The summed E-state index contributed by atoms with van der Waals surface area (Å²) in [5.74, 6) is 0.692. The number of benzene rings is 2. The van der Waals surface area contributed by atoms with E-state index in [1.807, 2.05) is 49.4 Å². The smallest absolute Gasteiger partial charge is 0.248 e. The summed E-state index contributed by atoms with van der Waals surface area (Å²) in [4.78, 5) is 12.0. The van der Waals surface area contributed by atoms with Crippen LogP contribution in [0.5, 0.6) is 5.75 Å². The lowest BCUT2D eigenvalue weighted by atomic mass is 10.2. The van der Waals surface area contributed by atoms with Crippen LogP contribution in [0.2, 0.25) is 0 Å². The molecule has 0 aliphatic heterocycles. The fraction of sp³-hybridized carbons (Fsp3) is 0.211. The molecule has 0 unspecified atom stereocenters. The van der Waals surface area contributed by atoms with Gasteiger partial charge in [-0.25, -0.2) is 0 Å². The van der Waals surface area contributed by atoms with Crippen molar-refractivity contribution in [3.05, 3.63) is 64.1 Å². The van der Waals surface area contributed by atoms with Gasteiger partial charge in [0.1, 0.15) is 5.75 Å². The van der Waals surface area contributed by atoms with Gasteiger partial charge in [-0.3, -0.25) is 4.79 Å². The minimum absolute atomic E-state index is 0.155. The van der Waals surface area contributed by atoms with Crippen LogP contribution >= 0.6 is 15.9 Å². The maximum absolute atomic E-state index is 12.0. The monoisotopic (exact) mass is 373 g/mol. The molecule has 1 N–H and O–H groups in total. The van der Waals surface area contributed by atoms with Gasteiger partial charge in [-0.1, -0.05) is 35.0 Å². The summed E-state index contributed by atoms with van der Waals surface area (Å²) >= 11 is 3.44. The molecule has 2 aromatic carbocycles. The predicted octanol–water partition coefficient (Wildman–Crippen LogP) is 5.20. The molecule has 0 aliphatic carbocycles. The van der Waals surface area contributed by atoms with Crippen molar-refractivity contribution in [3.63, 3.8) is 0 Å². The van der Waals surface area contributed by atoms with E-state index in [9.17, 15) is 4.79 Å². The first-order valence-electron chi connectivity index (χ1n) is 7.56. The molecule has 0 heterocycles. The van der Waals surface area contributed by atoms with Crippen molar-refractivity contribution < 1.29 is 9.53 Å². The topological polar surface area (TPSA) is 38.3 Å². The van der Waals surface area contributed by atoms with Crippen LogP contribution in [0.15, 0.2) is 53.0 Å². The van der Waals surface area contributed by atoms with Gasteiger partial charge in [0.05, 0.1) is 6.61 Å². The van der Waals surface area contributed by atoms with E-state index in [0.29, 0.717) is 6.61 Å². The third-order valence-corrected chi connectivity index (χ3v) is 4.10. The quantitative estimate of drug-likeness (QED) is 0.706. The minimum Gasteiger partial charge on any atom is -0.494 e. The second-order valence-electron chi connectivity index (χ2n) is 5.20.